The molecule has 0 saturated carbocycles. The molecule has 0 aliphatic carbocycles. The van der Waals surface area contributed by atoms with Gasteiger partial charge in [0.05, 0.1) is 22.0 Å². The maximum atomic E-state index is 9.58. The van der Waals surface area contributed by atoms with Crippen LogP contribution in [0.1, 0.15) is 52.4 Å². The van der Waals surface area contributed by atoms with E-state index < -0.39 is 0 Å². The summed E-state index contributed by atoms with van der Waals surface area (Å²) in [5, 5.41) is 14.2. The van der Waals surface area contributed by atoms with Crippen molar-refractivity contribution in [2.75, 3.05) is 0 Å². The number of aliphatic hydroxyl groups is 1. The van der Waals surface area contributed by atoms with Crippen LogP contribution < -0.4 is 0 Å². The zero-order chi connectivity index (χ0) is 13.9. The summed E-state index contributed by atoms with van der Waals surface area (Å²) in [5.41, 5.74) is 2.45. The molecule has 1 atom stereocenters. The molecule has 0 aliphatic heterocycles. The summed E-state index contributed by atoms with van der Waals surface area (Å²) < 4.78 is 3.22. The molecule has 18 heavy (non-hydrogen) atoms. The van der Waals surface area contributed by atoms with E-state index in [0.717, 1.165) is 36.0 Å². The molecule has 0 radical (unpaired) electrons. The minimum Gasteiger partial charge on any atom is -0.393 e. The Kier molecular flexibility index (Phi) is 5.41. The second kappa shape index (κ2) is 6.20. The molecule has 0 spiro atoms. The fourth-order valence-electron chi connectivity index (χ4n) is 2.51. The summed E-state index contributed by atoms with van der Waals surface area (Å²) in [6.45, 7) is 11.4. The highest BCUT2D eigenvalue weighted by molar-refractivity contribution is 9.10. The molecule has 4 heteroatoms. The van der Waals surface area contributed by atoms with E-state index >= 15 is 0 Å². The molecule has 1 rings (SSSR count). The number of hydrogen-bond acceptors (Lipinski definition) is 2. The lowest BCUT2D eigenvalue weighted by Gasteiger charge is -2.26. The monoisotopic (exact) mass is 316 g/mol. The quantitative estimate of drug-likeness (QED) is 0.871. The van der Waals surface area contributed by atoms with Gasteiger partial charge in [0.2, 0.25) is 0 Å². The van der Waals surface area contributed by atoms with Crippen LogP contribution in [0.4, 0.5) is 0 Å². The Hall–Kier alpha value is -0.350. The Morgan fingerprint density at radius 2 is 2.00 bits per heavy atom. The topological polar surface area (TPSA) is 38.0 Å². The third-order valence-corrected chi connectivity index (χ3v) is 4.10. The van der Waals surface area contributed by atoms with Crippen LogP contribution in [-0.2, 0) is 19.4 Å². The van der Waals surface area contributed by atoms with Crippen molar-refractivity contribution in [1.82, 2.24) is 9.78 Å². The zero-order valence-corrected chi connectivity index (χ0v) is 13.7. The SMILES string of the molecule is CCc1nn(CC)c(CC(C)(C)CC(C)O)c1Br. The lowest BCUT2D eigenvalue weighted by Crippen LogP contribution is -2.23. The van der Waals surface area contributed by atoms with Gasteiger partial charge >= 0.3 is 0 Å². The number of aryl methyl sites for hydroxylation is 2. The molecule has 3 nitrogen and oxygen atoms in total. The summed E-state index contributed by atoms with van der Waals surface area (Å²) in [5.74, 6) is 0. The van der Waals surface area contributed by atoms with Gasteiger partial charge in [-0.05, 0) is 54.5 Å². The summed E-state index contributed by atoms with van der Waals surface area (Å²) in [6.07, 6.45) is 2.41. The molecule has 0 bridgehead atoms. The normalized spacial score (nSPS) is 13.9. The standard InChI is InChI=1S/C14H25BrN2O/c1-6-11-13(15)12(17(7-2)16-11)9-14(4,5)8-10(3)18/h10,18H,6-9H2,1-5H3. The Bertz CT molecular complexity index is 397. The average molecular weight is 317 g/mol. The molecule has 1 heterocycles. The highest BCUT2D eigenvalue weighted by Gasteiger charge is 2.25. The Balaban J connectivity index is 2.99. The van der Waals surface area contributed by atoms with Crippen LogP contribution in [0.25, 0.3) is 0 Å². The summed E-state index contributed by atoms with van der Waals surface area (Å²) in [4.78, 5) is 0. The Morgan fingerprint density at radius 3 is 2.44 bits per heavy atom. The van der Waals surface area contributed by atoms with Crippen molar-refractivity contribution >= 4 is 15.9 Å². The number of halogens is 1. The van der Waals surface area contributed by atoms with E-state index in [9.17, 15) is 5.11 Å². The van der Waals surface area contributed by atoms with Gasteiger partial charge in [0.15, 0.2) is 0 Å². The van der Waals surface area contributed by atoms with Crippen LogP contribution in [0.2, 0.25) is 0 Å². The number of aliphatic hydroxyl groups excluding tert-OH is 1. The third-order valence-electron chi connectivity index (χ3n) is 3.19. The van der Waals surface area contributed by atoms with E-state index in [1.165, 1.54) is 5.69 Å². The smallest absolute Gasteiger partial charge is 0.0766 e. The summed E-state index contributed by atoms with van der Waals surface area (Å²) >= 11 is 3.68. The number of rotatable bonds is 6. The molecule has 104 valence electrons. The summed E-state index contributed by atoms with van der Waals surface area (Å²) in [7, 11) is 0. The van der Waals surface area contributed by atoms with E-state index in [0.29, 0.717) is 0 Å². The summed E-state index contributed by atoms with van der Waals surface area (Å²) in [6, 6.07) is 0. The number of hydrogen-bond donors (Lipinski definition) is 1. The molecule has 1 N–H and O–H groups in total. The molecular weight excluding hydrogens is 292 g/mol. The van der Waals surface area contributed by atoms with E-state index in [1.807, 2.05) is 6.92 Å². The molecule has 1 aromatic heterocycles. The molecule has 1 unspecified atom stereocenters. The van der Waals surface area contributed by atoms with Crippen molar-refractivity contribution in [1.29, 1.82) is 0 Å². The lowest BCUT2D eigenvalue weighted by molar-refractivity contribution is 0.128. The molecule has 0 aliphatic rings. The first-order valence-electron chi connectivity index (χ1n) is 6.72. The van der Waals surface area contributed by atoms with Crippen molar-refractivity contribution in [3.8, 4) is 0 Å². The van der Waals surface area contributed by atoms with Crippen LogP contribution in [0.3, 0.4) is 0 Å². The van der Waals surface area contributed by atoms with Crippen LogP contribution in [-0.4, -0.2) is 21.0 Å². The van der Waals surface area contributed by atoms with Gasteiger partial charge in [-0.25, -0.2) is 0 Å². The van der Waals surface area contributed by atoms with Gasteiger partial charge in [0.1, 0.15) is 0 Å². The molecule has 0 saturated heterocycles. The first-order valence-corrected chi connectivity index (χ1v) is 7.52. The zero-order valence-electron chi connectivity index (χ0n) is 12.1. The van der Waals surface area contributed by atoms with E-state index in [1.54, 1.807) is 0 Å². The predicted octanol–water partition coefficient (Wildman–Crippen LogP) is 3.57. The van der Waals surface area contributed by atoms with Crippen molar-refractivity contribution in [3.63, 3.8) is 0 Å². The van der Waals surface area contributed by atoms with Crippen molar-refractivity contribution in [2.45, 2.75) is 66.5 Å². The van der Waals surface area contributed by atoms with Gasteiger partial charge in [-0.3, -0.25) is 4.68 Å². The largest absolute Gasteiger partial charge is 0.393 e. The van der Waals surface area contributed by atoms with E-state index in [2.05, 4.69) is 53.4 Å². The Labute approximate surface area is 119 Å². The maximum Gasteiger partial charge on any atom is 0.0766 e. The van der Waals surface area contributed by atoms with Gasteiger partial charge in [-0.2, -0.15) is 5.10 Å². The van der Waals surface area contributed by atoms with Gasteiger partial charge in [0.25, 0.3) is 0 Å². The minimum atomic E-state index is -0.262. The average Bonchev–Trinajstić information content (AvgIpc) is 2.53. The highest BCUT2D eigenvalue weighted by atomic mass is 79.9. The van der Waals surface area contributed by atoms with Gasteiger partial charge < -0.3 is 5.11 Å². The Morgan fingerprint density at radius 1 is 1.39 bits per heavy atom. The van der Waals surface area contributed by atoms with Gasteiger partial charge in [-0.15, -0.1) is 0 Å². The fraction of sp³-hybridized carbons (Fsp3) is 0.786. The predicted molar refractivity (Wildman–Crippen MR) is 78.8 cm³/mol. The second-order valence-corrected chi connectivity index (χ2v) is 6.56. The third kappa shape index (κ3) is 3.82. The first-order chi connectivity index (χ1) is 8.30. The molecule has 0 fully saturated rings. The minimum absolute atomic E-state index is 0.0780. The van der Waals surface area contributed by atoms with Crippen LogP contribution in [0.15, 0.2) is 4.47 Å². The van der Waals surface area contributed by atoms with Gasteiger partial charge in [0, 0.05) is 6.54 Å². The molecule has 0 amide bonds. The molecule has 1 aromatic rings. The van der Waals surface area contributed by atoms with Crippen LogP contribution in [0, 0.1) is 5.41 Å². The number of nitrogens with zero attached hydrogens (tertiary/aromatic N) is 2. The molecular formula is C14H25BrN2O. The van der Waals surface area contributed by atoms with Crippen LogP contribution >= 0.6 is 15.9 Å². The van der Waals surface area contributed by atoms with Crippen molar-refractivity contribution < 1.29 is 5.11 Å². The van der Waals surface area contributed by atoms with Crippen LogP contribution in [0.5, 0.6) is 0 Å². The lowest BCUT2D eigenvalue weighted by atomic mass is 9.82. The maximum absolute atomic E-state index is 9.58. The first kappa shape index (κ1) is 15.7. The molecule has 0 aromatic carbocycles. The second-order valence-electron chi connectivity index (χ2n) is 5.77. The number of aromatic nitrogens is 2. The van der Waals surface area contributed by atoms with E-state index in [-0.39, 0.29) is 11.5 Å². The van der Waals surface area contributed by atoms with Gasteiger partial charge in [-0.1, -0.05) is 20.8 Å². The van der Waals surface area contributed by atoms with E-state index in [4.69, 9.17) is 0 Å². The van der Waals surface area contributed by atoms with Crippen molar-refractivity contribution in [3.05, 3.63) is 15.9 Å². The highest BCUT2D eigenvalue weighted by Crippen LogP contribution is 2.32. The fourth-order valence-corrected chi connectivity index (χ4v) is 3.22. The van der Waals surface area contributed by atoms with Crippen molar-refractivity contribution in [2.24, 2.45) is 5.41 Å².